The third-order valence-corrected chi connectivity index (χ3v) is 4.51. The number of carbonyl (C=O) groups is 1. The topological polar surface area (TPSA) is 26.3 Å². The molecule has 2 aromatic rings. The van der Waals surface area contributed by atoms with Gasteiger partial charge in [-0.15, -0.1) is 11.3 Å². The van der Waals surface area contributed by atoms with Gasteiger partial charge in [-0.1, -0.05) is 26.8 Å². The fourth-order valence-electron chi connectivity index (χ4n) is 2.03. The number of Topliss-reactive ketones (excluding diaryl/α,β-unsaturated/α-hetero) is 1. The van der Waals surface area contributed by atoms with Crippen molar-refractivity contribution in [2.45, 2.75) is 33.1 Å². The molecule has 0 bridgehead atoms. The Morgan fingerprint density at radius 1 is 1.15 bits per heavy atom. The van der Waals surface area contributed by atoms with Gasteiger partial charge in [-0.2, -0.15) is 0 Å². The molecule has 0 aliphatic rings. The van der Waals surface area contributed by atoms with Crippen LogP contribution >= 0.6 is 11.3 Å². The molecule has 0 N–H and O–H groups in total. The molecule has 1 aromatic heterocycles. The molecule has 3 heteroatoms. The van der Waals surface area contributed by atoms with Crippen LogP contribution in [0.15, 0.2) is 30.3 Å². The lowest BCUT2D eigenvalue weighted by molar-refractivity contribution is 0.102. The van der Waals surface area contributed by atoms with E-state index >= 15 is 0 Å². The van der Waals surface area contributed by atoms with Crippen LogP contribution in [0, 0.1) is 0 Å². The molecule has 1 heterocycles. The Morgan fingerprint density at radius 3 is 2.35 bits per heavy atom. The molecular weight excluding hydrogens is 268 g/mol. The van der Waals surface area contributed by atoms with Crippen molar-refractivity contribution in [2.24, 2.45) is 0 Å². The number of hydrogen-bond donors (Lipinski definition) is 0. The van der Waals surface area contributed by atoms with Crippen LogP contribution in [0.4, 0.5) is 0 Å². The second kappa shape index (κ2) is 5.41. The quantitative estimate of drug-likeness (QED) is 0.749. The van der Waals surface area contributed by atoms with E-state index in [1.54, 1.807) is 14.0 Å². The van der Waals surface area contributed by atoms with Crippen LogP contribution in [0.3, 0.4) is 0 Å². The van der Waals surface area contributed by atoms with Gasteiger partial charge in [0.2, 0.25) is 0 Å². The Labute approximate surface area is 124 Å². The summed E-state index contributed by atoms with van der Waals surface area (Å²) >= 11 is 1.51. The first kappa shape index (κ1) is 14.8. The van der Waals surface area contributed by atoms with Gasteiger partial charge in [-0.3, -0.25) is 4.79 Å². The zero-order chi connectivity index (χ0) is 14.9. The molecule has 0 aliphatic carbocycles. The highest BCUT2D eigenvalue weighted by Crippen LogP contribution is 2.37. The van der Waals surface area contributed by atoms with Gasteiger partial charge in [0.05, 0.1) is 12.0 Å². The predicted octanol–water partition coefficient (Wildman–Crippen LogP) is 4.92. The van der Waals surface area contributed by atoms with E-state index in [1.165, 1.54) is 16.9 Å². The molecule has 0 fully saturated rings. The van der Waals surface area contributed by atoms with Gasteiger partial charge in [0.25, 0.3) is 0 Å². The zero-order valence-electron chi connectivity index (χ0n) is 12.6. The molecule has 20 heavy (non-hydrogen) atoms. The van der Waals surface area contributed by atoms with Crippen LogP contribution in [0.5, 0.6) is 5.75 Å². The van der Waals surface area contributed by atoms with Gasteiger partial charge in [-0.25, -0.2) is 0 Å². The van der Waals surface area contributed by atoms with Gasteiger partial charge in [0.15, 0.2) is 5.78 Å². The molecule has 0 spiro atoms. The second-order valence-electron chi connectivity index (χ2n) is 5.89. The third kappa shape index (κ3) is 2.93. The van der Waals surface area contributed by atoms with Crippen molar-refractivity contribution in [3.63, 3.8) is 0 Å². The van der Waals surface area contributed by atoms with Crippen LogP contribution in [0.2, 0.25) is 0 Å². The highest BCUT2D eigenvalue weighted by atomic mass is 32.1. The van der Waals surface area contributed by atoms with E-state index in [-0.39, 0.29) is 11.2 Å². The number of benzene rings is 1. The highest BCUT2D eigenvalue weighted by molar-refractivity contribution is 7.17. The van der Waals surface area contributed by atoms with Gasteiger partial charge in [0, 0.05) is 10.4 Å². The summed E-state index contributed by atoms with van der Waals surface area (Å²) in [5.41, 5.74) is 2.37. The van der Waals surface area contributed by atoms with Crippen molar-refractivity contribution in [2.75, 3.05) is 7.11 Å². The molecule has 106 valence electrons. The molecule has 2 rings (SSSR count). The second-order valence-corrected chi connectivity index (χ2v) is 6.97. The van der Waals surface area contributed by atoms with Crippen LogP contribution in [-0.2, 0) is 5.41 Å². The Morgan fingerprint density at radius 2 is 1.85 bits per heavy atom. The minimum absolute atomic E-state index is 0.0891. The van der Waals surface area contributed by atoms with E-state index < -0.39 is 0 Å². The Kier molecular flexibility index (Phi) is 4.00. The standard InChI is InChI=1S/C17H20O2S/c1-11(18)15-8-9-16(20-15)13-7-6-12(17(2,3)4)10-14(13)19-5/h6-10H,1-5H3. The van der Waals surface area contributed by atoms with E-state index in [1.807, 2.05) is 12.1 Å². The molecule has 1 aromatic carbocycles. The summed E-state index contributed by atoms with van der Waals surface area (Å²) in [6.07, 6.45) is 0. The molecule has 0 aliphatic heterocycles. The Balaban J connectivity index is 2.48. The first-order valence-electron chi connectivity index (χ1n) is 6.62. The van der Waals surface area contributed by atoms with E-state index in [9.17, 15) is 4.79 Å². The third-order valence-electron chi connectivity index (χ3n) is 3.29. The van der Waals surface area contributed by atoms with Crippen molar-refractivity contribution < 1.29 is 9.53 Å². The minimum Gasteiger partial charge on any atom is -0.496 e. The normalized spacial score (nSPS) is 11.4. The van der Waals surface area contributed by atoms with E-state index in [0.717, 1.165) is 21.1 Å². The van der Waals surface area contributed by atoms with Crippen molar-refractivity contribution in [3.8, 4) is 16.2 Å². The van der Waals surface area contributed by atoms with E-state index in [2.05, 4.69) is 39.0 Å². The number of carbonyl (C=O) groups excluding carboxylic acids is 1. The number of hydrogen-bond acceptors (Lipinski definition) is 3. The number of methoxy groups -OCH3 is 1. The van der Waals surface area contributed by atoms with Gasteiger partial charge < -0.3 is 4.74 Å². The van der Waals surface area contributed by atoms with E-state index in [4.69, 9.17) is 4.74 Å². The van der Waals surface area contributed by atoms with Crippen molar-refractivity contribution in [1.29, 1.82) is 0 Å². The monoisotopic (exact) mass is 288 g/mol. The van der Waals surface area contributed by atoms with Gasteiger partial charge in [-0.05, 0) is 42.2 Å². The van der Waals surface area contributed by atoms with E-state index in [0.29, 0.717) is 0 Å². The first-order valence-corrected chi connectivity index (χ1v) is 7.44. The number of rotatable bonds is 3. The maximum Gasteiger partial charge on any atom is 0.169 e. The van der Waals surface area contributed by atoms with Crippen molar-refractivity contribution in [1.82, 2.24) is 0 Å². The highest BCUT2D eigenvalue weighted by Gasteiger charge is 2.17. The largest absolute Gasteiger partial charge is 0.496 e. The smallest absolute Gasteiger partial charge is 0.169 e. The molecule has 0 radical (unpaired) electrons. The fraction of sp³-hybridized carbons (Fsp3) is 0.353. The lowest BCUT2D eigenvalue weighted by Gasteiger charge is -2.20. The summed E-state index contributed by atoms with van der Waals surface area (Å²) in [5.74, 6) is 0.959. The zero-order valence-corrected chi connectivity index (χ0v) is 13.4. The minimum atomic E-state index is 0.0891. The molecule has 0 saturated heterocycles. The van der Waals surface area contributed by atoms with Crippen molar-refractivity contribution in [3.05, 3.63) is 40.8 Å². The molecular formula is C17H20O2S. The summed E-state index contributed by atoms with van der Waals surface area (Å²) < 4.78 is 5.53. The Hall–Kier alpha value is -1.61. The van der Waals surface area contributed by atoms with Crippen LogP contribution in [0.1, 0.15) is 42.9 Å². The number of thiophene rings is 1. The van der Waals surface area contributed by atoms with Crippen LogP contribution < -0.4 is 4.74 Å². The number of ketones is 1. The average Bonchev–Trinajstić information content (AvgIpc) is 2.86. The maximum absolute atomic E-state index is 11.4. The predicted molar refractivity (Wildman–Crippen MR) is 85.0 cm³/mol. The Bertz CT molecular complexity index is 633. The summed E-state index contributed by atoms with van der Waals surface area (Å²) in [5, 5.41) is 0. The van der Waals surface area contributed by atoms with Gasteiger partial charge in [0.1, 0.15) is 5.75 Å². The van der Waals surface area contributed by atoms with Gasteiger partial charge >= 0.3 is 0 Å². The summed E-state index contributed by atoms with van der Waals surface area (Å²) in [6, 6.07) is 10.2. The maximum atomic E-state index is 11.4. The van der Waals surface area contributed by atoms with Crippen molar-refractivity contribution >= 4 is 17.1 Å². The fourth-order valence-corrected chi connectivity index (χ4v) is 2.96. The lowest BCUT2D eigenvalue weighted by atomic mass is 9.86. The molecule has 0 saturated carbocycles. The summed E-state index contributed by atoms with van der Waals surface area (Å²) in [7, 11) is 1.69. The first-order chi connectivity index (χ1) is 9.32. The summed E-state index contributed by atoms with van der Waals surface area (Å²) in [6.45, 7) is 8.14. The molecule has 2 nitrogen and oxygen atoms in total. The number of ether oxygens (including phenoxy) is 1. The summed E-state index contributed by atoms with van der Waals surface area (Å²) in [4.78, 5) is 13.3. The van der Waals surface area contributed by atoms with Crippen LogP contribution in [-0.4, -0.2) is 12.9 Å². The molecule has 0 atom stereocenters. The molecule has 0 amide bonds. The molecule has 0 unspecified atom stereocenters. The lowest BCUT2D eigenvalue weighted by Crippen LogP contribution is -2.11. The van der Waals surface area contributed by atoms with Crippen LogP contribution in [0.25, 0.3) is 10.4 Å². The SMILES string of the molecule is COc1cc(C(C)(C)C)ccc1-c1ccc(C(C)=O)s1. The average molecular weight is 288 g/mol.